The first-order valence-corrected chi connectivity index (χ1v) is 5.46. The van der Waals surface area contributed by atoms with Crippen molar-refractivity contribution in [3.8, 4) is 6.07 Å². The molecule has 1 aromatic carbocycles. The van der Waals surface area contributed by atoms with E-state index in [0.29, 0.717) is 6.54 Å². The summed E-state index contributed by atoms with van der Waals surface area (Å²) in [6, 6.07) is 11.9. The summed E-state index contributed by atoms with van der Waals surface area (Å²) in [5, 5.41) is 9.45. The fraction of sp³-hybridized carbons (Fsp3) is 0.385. The van der Waals surface area contributed by atoms with Gasteiger partial charge in [0.1, 0.15) is 0 Å². The molecule has 1 atom stereocenters. The van der Waals surface area contributed by atoms with E-state index in [1.54, 1.807) is 4.90 Å². The van der Waals surface area contributed by atoms with Gasteiger partial charge in [-0.15, -0.1) is 0 Å². The van der Waals surface area contributed by atoms with E-state index in [-0.39, 0.29) is 5.91 Å². The number of carbonyl (C=O) groups is 1. The first-order valence-electron chi connectivity index (χ1n) is 5.46. The predicted molar refractivity (Wildman–Crippen MR) is 60.4 cm³/mol. The minimum Gasteiger partial charge on any atom is -0.320 e. The summed E-state index contributed by atoms with van der Waals surface area (Å²) >= 11 is 0. The Morgan fingerprint density at radius 2 is 2.12 bits per heavy atom. The SMILES string of the molecule is CC(=O)N1CCCC1(C#N)c1ccccc1. The number of hydrogen-bond acceptors (Lipinski definition) is 2. The molecule has 0 bridgehead atoms. The van der Waals surface area contributed by atoms with Crippen LogP contribution in [0.5, 0.6) is 0 Å². The number of rotatable bonds is 1. The number of hydrogen-bond donors (Lipinski definition) is 0. The lowest BCUT2D eigenvalue weighted by Gasteiger charge is -2.32. The molecular weight excluding hydrogens is 200 g/mol. The highest BCUT2D eigenvalue weighted by atomic mass is 16.2. The summed E-state index contributed by atoms with van der Waals surface area (Å²) in [5.41, 5.74) is 0.179. The second-order valence-electron chi connectivity index (χ2n) is 4.11. The quantitative estimate of drug-likeness (QED) is 0.718. The smallest absolute Gasteiger partial charge is 0.220 e. The standard InChI is InChI=1S/C13H14N2O/c1-11(16)15-9-5-8-13(15,10-14)12-6-3-2-4-7-12/h2-4,6-7H,5,8-9H2,1H3. The molecule has 3 nitrogen and oxygen atoms in total. The number of nitriles is 1. The van der Waals surface area contributed by atoms with Crippen molar-refractivity contribution in [2.75, 3.05) is 6.54 Å². The molecule has 0 N–H and O–H groups in total. The van der Waals surface area contributed by atoms with Gasteiger partial charge in [-0.25, -0.2) is 0 Å². The van der Waals surface area contributed by atoms with Crippen LogP contribution in [0.1, 0.15) is 25.3 Å². The van der Waals surface area contributed by atoms with Gasteiger partial charge in [-0.2, -0.15) is 5.26 Å². The Labute approximate surface area is 95.3 Å². The molecule has 1 amide bonds. The van der Waals surface area contributed by atoms with Gasteiger partial charge < -0.3 is 4.90 Å². The van der Waals surface area contributed by atoms with Crippen LogP contribution in [0.3, 0.4) is 0 Å². The largest absolute Gasteiger partial charge is 0.320 e. The molecule has 1 saturated heterocycles. The molecule has 1 aromatic rings. The molecule has 2 rings (SSSR count). The first-order chi connectivity index (χ1) is 7.70. The Hall–Kier alpha value is -1.82. The van der Waals surface area contributed by atoms with E-state index in [0.717, 1.165) is 18.4 Å². The number of likely N-dealkylation sites (tertiary alicyclic amines) is 1. The summed E-state index contributed by atoms with van der Waals surface area (Å²) in [5.74, 6) is -0.0251. The third kappa shape index (κ3) is 1.47. The van der Waals surface area contributed by atoms with Gasteiger partial charge in [-0.3, -0.25) is 4.79 Å². The van der Waals surface area contributed by atoms with Crippen LogP contribution in [-0.4, -0.2) is 17.4 Å². The molecule has 0 spiro atoms. The van der Waals surface area contributed by atoms with E-state index < -0.39 is 5.54 Å². The lowest BCUT2D eigenvalue weighted by Crippen LogP contribution is -2.42. The maximum absolute atomic E-state index is 11.6. The Balaban J connectivity index is 2.48. The van der Waals surface area contributed by atoms with Crippen LogP contribution in [-0.2, 0) is 10.3 Å². The first kappa shape index (κ1) is 10.7. The molecule has 82 valence electrons. The molecule has 1 unspecified atom stereocenters. The Bertz CT molecular complexity index is 435. The molecule has 0 saturated carbocycles. The number of carbonyl (C=O) groups excluding carboxylic acids is 1. The van der Waals surface area contributed by atoms with Gasteiger partial charge in [-0.05, 0) is 18.4 Å². The van der Waals surface area contributed by atoms with Gasteiger partial charge in [0, 0.05) is 13.5 Å². The van der Waals surface area contributed by atoms with Crippen molar-refractivity contribution in [1.82, 2.24) is 4.90 Å². The van der Waals surface area contributed by atoms with Gasteiger partial charge in [0.05, 0.1) is 6.07 Å². The minimum atomic E-state index is -0.743. The van der Waals surface area contributed by atoms with Crippen LogP contribution in [0.4, 0.5) is 0 Å². The van der Waals surface area contributed by atoms with Gasteiger partial charge in [0.25, 0.3) is 0 Å². The van der Waals surface area contributed by atoms with Gasteiger partial charge in [0.2, 0.25) is 5.91 Å². The Kier molecular flexibility index (Phi) is 2.66. The van der Waals surface area contributed by atoms with Crippen LogP contribution in [0.15, 0.2) is 30.3 Å². The Morgan fingerprint density at radius 3 is 2.69 bits per heavy atom. The summed E-state index contributed by atoms with van der Waals surface area (Å²) in [6.45, 7) is 2.21. The van der Waals surface area contributed by atoms with Crippen molar-refractivity contribution >= 4 is 5.91 Å². The molecule has 0 aromatic heterocycles. The van der Waals surface area contributed by atoms with E-state index in [2.05, 4.69) is 6.07 Å². The third-order valence-corrected chi connectivity index (χ3v) is 3.20. The van der Waals surface area contributed by atoms with Gasteiger partial charge in [0.15, 0.2) is 5.54 Å². The molecule has 1 fully saturated rings. The molecule has 0 radical (unpaired) electrons. The van der Waals surface area contributed by atoms with Gasteiger partial charge >= 0.3 is 0 Å². The molecule has 1 heterocycles. The van der Waals surface area contributed by atoms with E-state index in [1.165, 1.54) is 6.92 Å². The zero-order chi connectivity index (χ0) is 11.6. The van der Waals surface area contributed by atoms with Crippen LogP contribution in [0.2, 0.25) is 0 Å². The maximum Gasteiger partial charge on any atom is 0.220 e. The predicted octanol–water partition coefficient (Wildman–Crippen LogP) is 2.05. The average molecular weight is 214 g/mol. The van der Waals surface area contributed by atoms with Crippen molar-refractivity contribution in [3.63, 3.8) is 0 Å². The molecule has 16 heavy (non-hydrogen) atoms. The highest BCUT2D eigenvalue weighted by Gasteiger charge is 2.44. The normalized spacial score (nSPS) is 24.1. The highest BCUT2D eigenvalue weighted by Crippen LogP contribution is 2.38. The molecular formula is C13H14N2O. The third-order valence-electron chi connectivity index (χ3n) is 3.20. The molecule has 0 aliphatic carbocycles. The summed E-state index contributed by atoms with van der Waals surface area (Å²) < 4.78 is 0. The van der Waals surface area contributed by atoms with E-state index in [4.69, 9.17) is 0 Å². The summed E-state index contributed by atoms with van der Waals surface area (Å²) in [6.07, 6.45) is 1.62. The van der Waals surface area contributed by atoms with Crippen molar-refractivity contribution in [3.05, 3.63) is 35.9 Å². The van der Waals surface area contributed by atoms with Crippen LogP contribution in [0, 0.1) is 11.3 Å². The van der Waals surface area contributed by atoms with E-state index >= 15 is 0 Å². The van der Waals surface area contributed by atoms with Crippen LogP contribution >= 0.6 is 0 Å². The fourth-order valence-electron chi connectivity index (χ4n) is 2.44. The van der Waals surface area contributed by atoms with E-state index in [9.17, 15) is 10.1 Å². The molecule has 1 aliphatic rings. The number of benzene rings is 1. The number of amides is 1. The second kappa shape index (κ2) is 3.97. The maximum atomic E-state index is 11.6. The van der Waals surface area contributed by atoms with Gasteiger partial charge in [-0.1, -0.05) is 30.3 Å². The highest BCUT2D eigenvalue weighted by molar-refractivity contribution is 5.75. The summed E-state index contributed by atoms with van der Waals surface area (Å²) in [4.78, 5) is 13.3. The minimum absolute atomic E-state index is 0.0251. The van der Waals surface area contributed by atoms with Crippen LogP contribution < -0.4 is 0 Å². The zero-order valence-electron chi connectivity index (χ0n) is 9.31. The lowest BCUT2D eigenvalue weighted by molar-refractivity contribution is -0.131. The topological polar surface area (TPSA) is 44.1 Å². The fourth-order valence-corrected chi connectivity index (χ4v) is 2.44. The molecule has 1 aliphatic heterocycles. The van der Waals surface area contributed by atoms with Crippen LogP contribution in [0.25, 0.3) is 0 Å². The van der Waals surface area contributed by atoms with Crippen molar-refractivity contribution in [1.29, 1.82) is 5.26 Å². The second-order valence-corrected chi connectivity index (χ2v) is 4.11. The number of nitrogens with zero attached hydrogens (tertiary/aromatic N) is 2. The monoisotopic (exact) mass is 214 g/mol. The molecule has 3 heteroatoms. The van der Waals surface area contributed by atoms with E-state index in [1.807, 2.05) is 30.3 Å². The summed E-state index contributed by atoms with van der Waals surface area (Å²) in [7, 11) is 0. The lowest BCUT2D eigenvalue weighted by atomic mass is 9.88. The average Bonchev–Trinajstić information content (AvgIpc) is 2.75. The van der Waals surface area contributed by atoms with Crippen molar-refractivity contribution in [2.45, 2.75) is 25.3 Å². The van der Waals surface area contributed by atoms with Crippen molar-refractivity contribution < 1.29 is 4.79 Å². The zero-order valence-corrected chi connectivity index (χ0v) is 9.31. The Morgan fingerprint density at radius 1 is 1.44 bits per heavy atom. The van der Waals surface area contributed by atoms with Crippen molar-refractivity contribution in [2.24, 2.45) is 0 Å².